The van der Waals surface area contributed by atoms with Crippen LogP contribution in [0.15, 0.2) is 53.0 Å². The molecule has 0 spiro atoms. The van der Waals surface area contributed by atoms with Crippen molar-refractivity contribution < 1.29 is 0 Å². The van der Waals surface area contributed by atoms with Crippen molar-refractivity contribution in [3.8, 4) is 11.8 Å². The highest BCUT2D eigenvalue weighted by molar-refractivity contribution is 9.10. The molecule has 0 fully saturated rings. The van der Waals surface area contributed by atoms with Gasteiger partial charge in [-0.1, -0.05) is 36.1 Å². The molecule has 0 aliphatic rings. The van der Waals surface area contributed by atoms with Gasteiger partial charge in [0.05, 0.1) is 0 Å². The maximum absolute atomic E-state index is 5.81. The molecule has 2 heteroatoms. The topological polar surface area (TPSA) is 26.0 Å². The van der Waals surface area contributed by atoms with Gasteiger partial charge in [0.25, 0.3) is 0 Å². The Morgan fingerprint density at radius 3 is 2.06 bits per heavy atom. The van der Waals surface area contributed by atoms with Crippen molar-refractivity contribution in [2.75, 3.05) is 5.73 Å². The van der Waals surface area contributed by atoms with E-state index < -0.39 is 0 Å². The lowest BCUT2D eigenvalue weighted by molar-refractivity contribution is 1.58. The zero-order chi connectivity index (χ0) is 11.4. The fourth-order valence-corrected chi connectivity index (χ4v) is 1.69. The molecule has 2 rings (SSSR count). The van der Waals surface area contributed by atoms with Crippen LogP contribution >= 0.6 is 15.9 Å². The normalized spacial score (nSPS) is 9.31. The van der Waals surface area contributed by atoms with Gasteiger partial charge in [0, 0.05) is 21.3 Å². The maximum Gasteiger partial charge on any atom is 0.0478 e. The van der Waals surface area contributed by atoms with E-state index in [-0.39, 0.29) is 0 Å². The molecule has 0 radical (unpaired) electrons. The predicted molar refractivity (Wildman–Crippen MR) is 71.0 cm³/mol. The van der Waals surface area contributed by atoms with E-state index in [2.05, 4.69) is 27.8 Å². The molecule has 0 saturated heterocycles. The predicted octanol–water partition coefficient (Wildman–Crippen LogP) is 3.43. The second kappa shape index (κ2) is 4.87. The van der Waals surface area contributed by atoms with Crippen LogP contribution in [-0.2, 0) is 0 Å². The summed E-state index contributed by atoms with van der Waals surface area (Å²) in [6, 6.07) is 15.5. The summed E-state index contributed by atoms with van der Waals surface area (Å²) in [5, 5.41) is 0. The van der Waals surface area contributed by atoms with Crippen LogP contribution in [0.1, 0.15) is 11.1 Å². The van der Waals surface area contributed by atoms with E-state index in [1.54, 1.807) is 0 Å². The Kier molecular flexibility index (Phi) is 3.28. The molecule has 2 N–H and O–H groups in total. The van der Waals surface area contributed by atoms with Gasteiger partial charge in [-0.3, -0.25) is 0 Å². The third kappa shape index (κ3) is 2.44. The third-order valence-electron chi connectivity index (χ3n) is 2.17. The van der Waals surface area contributed by atoms with Crippen molar-refractivity contribution in [3.05, 3.63) is 64.1 Å². The SMILES string of the molecule is Nc1ccccc1C#Cc1ccccc1Br. The molecule has 0 amide bonds. The molecule has 78 valence electrons. The summed E-state index contributed by atoms with van der Waals surface area (Å²) in [6.45, 7) is 0. The number of hydrogen-bond acceptors (Lipinski definition) is 1. The summed E-state index contributed by atoms with van der Waals surface area (Å²) in [4.78, 5) is 0. The van der Waals surface area contributed by atoms with Crippen LogP contribution in [0.25, 0.3) is 0 Å². The highest BCUT2D eigenvalue weighted by Gasteiger charge is 1.94. The molecular weight excluding hydrogens is 262 g/mol. The monoisotopic (exact) mass is 271 g/mol. The van der Waals surface area contributed by atoms with Gasteiger partial charge >= 0.3 is 0 Å². The molecule has 2 aromatic carbocycles. The minimum atomic E-state index is 0.710. The van der Waals surface area contributed by atoms with Gasteiger partial charge in [-0.2, -0.15) is 0 Å². The minimum Gasteiger partial charge on any atom is -0.398 e. The summed E-state index contributed by atoms with van der Waals surface area (Å²) in [5.74, 6) is 6.16. The van der Waals surface area contributed by atoms with Crippen LogP contribution in [0.3, 0.4) is 0 Å². The van der Waals surface area contributed by atoms with Gasteiger partial charge in [0.15, 0.2) is 0 Å². The highest BCUT2D eigenvalue weighted by Crippen LogP contribution is 2.15. The van der Waals surface area contributed by atoms with Crippen molar-refractivity contribution in [1.82, 2.24) is 0 Å². The molecule has 0 aromatic heterocycles. The van der Waals surface area contributed by atoms with E-state index in [0.29, 0.717) is 5.69 Å². The lowest BCUT2D eigenvalue weighted by atomic mass is 10.1. The first-order valence-electron chi connectivity index (χ1n) is 4.88. The Morgan fingerprint density at radius 1 is 0.812 bits per heavy atom. The van der Waals surface area contributed by atoms with Gasteiger partial charge < -0.3 is 5.73 Å². The Balaban J connectivity index is 2.36. The van der Waals surface area contributed by atoms with E-state index in [4.69, 9.17) is 5.73 Å². The van der Waals surface area contributed by atoms with Gasteiger partial charge in [0.2, 0.25) is 0 Å². The van der Waals surface area contributed by atoms with E-state index >= 15 is 0 Å². The smallest absolute Gasteiger partial charge is 0.0478 e. The van der Waals surface area contributed by atoms with Crippen LogP contribution in [0, 0.1) is 11.8 Å². The van der Waals surface area contributed by atoms with Gasteiger partial charge in [-0.15, -0.1) is 0 Å². The number of halogens is 1. The van der Waals surface area contributed by atoms with E-state index in [0.717, 1.165) is 15.6 Å². The van der Waals surface area contributed by atoms with E-state index in [1.807, 2.05) is 48.5 Å². The number of para-hydroxylation sites is 1. The number of nitrogen functional groups attached to an aromatic ring is 1. The van der Waals surface area contributed by atoms with E-state index in [9.17, 15) is 0 Å². The summed E-state index contributed by atoms with van der Waals surface area (Å²) in [6.07, 6.45) is 0. The van der Waals surface area contributed by atoms with Gasteiger partial charge in [-0.25, -0.2) is 0 Å². The Morgan fingerprint density at radius 2 is 1.38 bits per heavy atom. The summed E-state index contributed by atoms with van der Waals surface area (Å²) in [7, 11) is 0. The number of anilines is 1. The average molecular weight is 272 g/mol. The highest BCUT2D eigenvalue weighted by atomic mass is 79.9. The average Bonchev–Trinajstić information content (AvgIpc) is 2.30. The molecule has 2 aromatic rings. The number of rotatable bonds is 0. The van der Waals surface area contributed by atoms with Crippen LogP contribution in [-0.4, -0.2) is 0 Å². The summed E-state index contributed by atoms with van der Waals surface area (Å²) in [5.41, 5.74) is 8.34. The lowest BCUT2D eigenvalue weighted by Crippen LogP contribution is -1.88. The Labute approximate surface area is 103 Å². The molecule has 0 unspecified atom stereocenters. The van der Waals surface area contributed by atoms with Crippen LogP contribution < -0.4 is 5.73 Å². The largest absolute Gasteiger partial charge is 0.398 e. The maximum atomic E-state index is 5.81. The van der Waals surface area contributed by atoms with E-state index in [1.165, 1.54) is 0 Å². The summed E-state index contributed by atoms with van der Waals surface area (Å²) >= 11 is 3.45. The zero-order valence-corrected chi connectivity index (χ0v) is 10.2. The number of hydrogen-bond donors (Lipinski definition) is 1. The molecule has 0 saturated carbocycles. The molecule has 16 heavy (non-hydrogen) atoms. The third-order valence-corrected chi connectivity index (χ3v) is 2.86. The van der Waals surface area contributed by atoms with Gasteiger partial charge in [0.1, 0.15) is 0 Å². The number of nitrogens with two attached hydrogens (primary N) is 1. The first-order valence-corrected chi connectivity index (χ1v) is 5.68. The minimum absolute atomic E-state index is 0.710. The van der Waals surface area contributed by atoms with Crippen LogP contribution in [0.5, 0.6) is 0 Å². The molecule has 0 aliphatic heterocycles. The molecule has 1 nitrogen and oxygen atoms in total. The molecule has 0 aliphatic carbocycles. The second-order valence-electron chi connectivity index (χ2n) is 3.32. The molecule has 0 heterocycles. The quantitative estimate of drug-likeness (QED) is 0.577. The van der Waals surface area contributed by atoms with Crippen LogP contribution in [0.2, 0.25) is 0 Å². The Hall–Kier alpha value is -1.72. The fourth-order valence-electron chi connectivity index (χ4n) is 1.31. The second-order valence-corrected chi connectivity index (χ2v) is 4.17. The van der Waals surface area contributed by atoms with Crippen molar-refractivity contribution in [3.63, 3.8) is 0 Å². The molecule has 0 bridgehead atoms. The Bertz CT molecular complexity index is 515. The first kappa shape index (κ1) is 10.8. The fraction of sp³-hybridized carbons (Fsp3) is 0. The lowest BCUT2D eigenvalue weighted by Gasteiger charge is -1.96. The van der Waals surface area contributed by atoms with Crippen molar-refractivity contribution in [1.29, 1.82) is 0 Å². The zero-order valence-electron chi connectivity index (χ0n) is 8.57. The standard InChI is InChI=1S/C14H10BrN/c15-13-7-3-1-5-11(13)9-10-12-6-2-4-8-14(12)16/h1-8H,16H2. The van der Waals surface area contributed by atoms with Gasteiger partial charge in [-0.05, 0) is 40.2 Å². The van der Waals surface area contributed by atoms with Crippen LogP contribution in [0.4, 0.5) is 5.69 Å². The van der Waals surface area contributed by atoms with Crippen molar-refractivity contribution in [2.45, 2.75) is 0 Å². The number of benzene rings is 2. The summed E-state index contributed by atoms with van der Waals surface area (Å²) < 4.78 is 0.997. The molecule has 0 atom stereocenters. The molecular formula is C14H10BrN. The first-order chi connectivity index (χ1) is 7.77. The van der Waals surface area contributed by atoms with Crippen molar-refractivity contribution in [2.24, 2.45) is 0 Å². The van der Waals surface area contributed by atoms with Crippen molar-refractivity contribution >= 4 is 21.6 Å².